The summed E-state index contributed by atoms with van der Waals surface area (Å²) in [4.78, 5) is 10.1. The van der Waals surface area contributed by atoms with E-state index in [1.54, 1.807) is 0 Å². The molecule has 0 radical (unpaired) electrons. The van der Waals surface area contributed by atoms with E-state index in [1.807, 2.05) is 0 Å². The molecule has 0 saturated heterocycles. The summed E-state index contributed by atoms with van der Waals surface area (Å²) in [7, 11) is 0. The van der Waals surface area contributed by atoms with Crippen LogP contribution in [0.4, 0.5) is 0 Å². The van der Waals surface area contributed by atoms with Gasteiger partial charge in [-0.3, -0.25) is 4.79 Å². The highest BCUT2D eigenvalue weighted by molar-refractivity contribution is 5.85. The van der Waals surface area contributed by atoms with Crippen LogP contribution in [-0.4, -0.2) is 28.8 Å². The van der Waals surface area contributed by atoms with Crippen molar-refractivity contribution in [3.8, 4) is 0 Å². The molecule has 0 aromatic heterocycles. The van der Waals surface area contributed by atoms with E-state index in [-0.39, 0.29) is 19.0 Å². The van der Waals surface area contributed by atoms with Crippen molar-refractivity contribution in [2.45, 2.75) is 13.0 Å². The van der Waals surface area contributed by atoms with Crippen molar-refractivity contribution in [1.82, 2.24) is 0 Å². The molecule has 0 aromatic rings. The quantitative estimate of drug-likeness (QED) is 0.529. The molecular weight excluding hydrogens is 158 g/mol. The number of rotatable bonds is 3. The minimum Gasteiger partial charge on any atom is -0.481 e. The van der Waals surface area contributed by atoms with Gasteiger partial charge >= 0.3 is 5.97 Å². The van der Waals surface area contributed by atoms with Gasteiger partial charge in [-0.05, 0) is 6.92 Å². The van der Waals surface area contributed by atoms with Crippen molar-refractivity contribution in [1.29, 1.82) is 0 Å². The van der Waals surface area contributed by atoms with E-state index < -0.39 is 18.0 Å². The molecule has 0 aliphatic carbocycles. The van der Waals surface area contributed by atoms with Crippen LogP contribution in [0.3, 0.4) is 0 Å². The van der Waals surface area contributed by atoms with Crippen molar-refractivity contribution in [3.63, 3.8) is 0 Å². The minimum absolute atomic E-state index is 0. The molecule has 0 fully saturated rings. The lowest BCUT2D eigenvalue weighted by Crippen LogP contribution is -2.32. The van der Waals surface area contributed by atoms with Crippen LogP contribution in [0.15, 0.2) is 0 Å². The van der Waals surface area contributed by atoms with Crippen LogP contribution in [0.25, 0.3) is 0 Å². The second-order valence-corrected chi connectivity index (χ2v) is 1.92. The van der Waals surface area contributed by atoms with Crippen LogP contribution in [-0.2, 0) is 4.79 Å². The number of hydrogen-bond acceptors (Lipinski definition) is 3. The zero-order chi connectivity index (χ0) is 7.44. The summed E-state index contributed by atoms with van der Waals surface area (Å²) in [5, 5.41) is 17.0. The van der Waals surface area contributed by atoms with Gasteiger partial charge in [0.25, 0.3) is 0 Å². The van der Waals surface area contributed by atoms with Gasteiger partial charge in [-0.25, -0.2) is 0 Å². The lowest BCUT2D eigenvalue weighted by atomic mass is 10.1. The molecule has 0 heterocycles. The highest BCUT2D eigenvalue weighted by Gasteiger charge is 2.20. The van der Waals surface area contributed by atoms with E-state index in [0.717, 1.165) is 0 Å². The normalized spacial score (nSPS) is 15.1. The average Bonchev–Trinajstić information content (AvgIpc) is 1.64. The topological polar surface area (TPSA) is 83.5 Å². The van der Waals surface area contributed by atoms with Gasteiger partial charge in [0.1, 0.15) is 0 Å². The van der Waals surface area contributed by atoms with Crippen LogP contribution >= 0.6 is 12.4 Å². The van der Waals surface area contributed by atoms with Crippen molar-refractivity contribution in [2.75, 3.05) is 6.54 Å². The van der Waals surface area contributed by atoms with Crippen LogP contribution in [0, 0.1) is 5.92 Å². The molecule has 0 rings (SSSR count). The average molecular weight is 170 g/mol. The zero-order valence-electron chi connectivity index (χ0n) is 5.65. The van der Waals surface area contributed by atoms with E-state index in [1.165, 1.54) is 6.92 Å². The maximum atomic E-state index is 10.1. The summed E-state index contributed by atoms with van der Waals surface area (Å²) in [6, 6.07) is 0. The first-order chi connectivity index (χ1) is 4.09. The summed E-state index contributed by atoms with van der Waals surface area (Å²) in [6.45, 7) is 1.39. The van der Waals surface area contributed by atoms with Gasteiger partial charge in [-0.1, -0.05) is 0 Å². The van der Waals surface area contributed by atoms with Gasteiger partial charge < -0.3 is 15.9 Å². The monoisotopic (exact) mass is 169 g/mol. The van der Waals surface area contributed by atoms with Crippen molar-refractivity contribution in [3.05, 3.63) is 0 Å². The van der Waals surface area contributed by atoms with E-state index >= 15 is 0 Å². The van der Waals surface area contributed by atoms with Crippen molar-refractivity contribution in [2.24, 2.45) is 11.7 Å². The van der Waals surface area contributed by atoms with Gasteiger partial charge in [0, 0.05) is 6.54 Å². The summed E-state index contributed by atoms with van der Waals surface area (Å²) in [5.74, 6) is -1.88. The molecule has 0 unspecified atom stereocenters. The molecule has 2 atom stereocenters. The molecule has 0 aliphatic rings. The first-order valence-electron chi connectivity index (χ1n) is 2.70. The second kappa shape index (κ2) is 5.46. The minimum atomic E-state index is -1.05. The van der Waals surface area contributed by atoms with E-state index in [9.17, 15) is 4.79 Å². The van der Waals surface area contributed by atoms with Crippen molar-refractivity contribution >= 4 is 18.4 Å². The predicted octanol–water partition coefficient (Wildman–Crippen LogP) is -0.551. The van der Waals surface area contributed by atoms with E-state index in [0.29, 0.717) is 0 Å². The number of carboxylic acid groups (broad SMARTS) is 1. The third kappa shape index (κ3) is 3.66. The van der Waals surface area contributed by atoms with Gasteiger partial charge in [0.2, 0.25) is 0 Å². The molecule has 4 N–H and O–H groups in total. The summed E-state index contributed by atoms with van der Waals surface area (Å²) in [5.41, 5.74) is 5.03. The molecule has 10 heavy (non-hydrogen) atoms. The zero-order valence-corrected chi connectivity index (χ0v) is 6.47. The fourth-order valence-electron chi connectivity index (χ4n) is 0.504. The Morgan fingerprint density at radius 1 is 1.70 bits per heavy atom. The summed E-state index contributed by atoms with van der Waals surface area (Å²) < 4.78 is 0. The molecule has 0 bridgehead atoms. The molecule has 5 heteroatoms. The Bertz CT molecular complexity index is 107. The van der Waals surface area contributed by atoms with Gasteiger partial charge in [-0.2, -0.15) is 0 Å². The number of aliphatic hydroxyl groups is 1. The van der Waals surface area contributed by atoms with E-state index in [4.69, 9.17) is 15.9 Å². The first-order valence-corrected chi connectivity index (χ1v) is 2.70. The number of carbonyl (C=O) groups is 1. The van der Waals surface area contributed by atoms with Crippen LogP contribution in [0.2, 0.25) is 0 Å². The Balaban J connectivity index is 0. The third-order valence-electron chi connectivity index (χ3n) is 1.15. The highest BCUT2D eigenvalue weighted by atomic mass is 35.5. The summed E-state index contributed by atoms with van der Waals surface area (Å²) >= 11 is 0. The molecule has 0 amide bonds. The number of halogens is 1. The number of aliphatic hydroxyl groups excluding tert-OH is 1. The standard InChI is InChI=1S/C5H11NO3.ClH/c1-3(7)4(2-6)5(8)9;/h3-4,7H,2,6H2,1H3,(H,8,9);1H/t3-,4+;/m1./s1. The Hall–Kier alpha value is -0.320. The van der Waals surface area contributed by atoms with E-state index in [2.05, 4.69) is 0 Å². The molecule has 0 saturated carbocycles. The molecule has 0 aromatic carbocycles. The smallest absolute Gasteiger partial charge is 0.310 e. The molecule has 0 aliphatic heterocycles. The number of nitrogens with two attached hydrogens (primary N) is 1. The molecular formula is C5H12ClNO3. The fourth-order valence-corrected chi connectivity index (χ4v) is 0.504. The SMILES string of the molecule is C[C@@H](O)[C@H](CN)C(=O)O.Cl. The third-order valence-corrected chi connectivity index (χ3v) is 1.15. The number of carboxylic acids is 1. The lowest BCUT2D eigenvalue weighted by Gasteiger charge is -2.11. The van der Waals surface area contributed by atoms with Gasteiger partial charge in [0.15, 0.2) is 0 Å². The lowest BCUT2D eigenvalue weighted by molar-refractivity contribution is -0.144. The van der Waals surface area contributed by atoms with Gasteiger partial charge in [-0.15, -0.1) is 12.4 Å². The molecule has 62 valence electrons. The highest BCUT2D eigenvalue weighted by Crippen LogP contribution is 1.99. The van der Waals surface area contributed by atoms with Crippen molar-refractivity contribution < 1.29 is 15.0 Å². The fraction of sp³-hybridized carbons (Fsp3) is 0.800. The largest absolute Gasteiger partial charge is 0.481 e. The predicted molar refractivity (Wildman–Crippen MR) is 39.1 cm³/mol. The Morgan fingerprint density at radius 3 is 2.10 bits per heavy atom. The first kappa shape index (κ1) is 12.4. The number of hydrogen-bond donors (Lipinski definition) is 3. The molecule has 0 spiro atoms. The number of aliphatic carboxylic acids is 1. The second-order valence-electron chi connectivity index (χ2n) is 1.92. The Labute approximate surface area is 65.4 Å². The maximum Gasteiger partial charge on any atom is 0.310 e. The molecule has 4 nitrogen and oxygen atoms in total. The van der Waals surface area contributed by atoms with Crippen LogP contribution in [0.1, 0.15) is 6.92 Å². The maximum absolute atomic E-state index is 10.1. The van der Waals surface area contributed by atoms with Crippen LogP contribution in [0.5, 0.6) is 0 Å². The summed E-state index contributed by atoms with van der Waals surface area (Å²) in [6.07, 6.45) is -0.868. The Kier molecular flexibility index (Phi) is 6.76. The Morgan fingerprint density at radius 2 is 2.10 bits per heavy atom. The van der Waals surface area contributed by atoms with Gasteiger partial charge in [0.05, 0.1) is 12.0 Å². The van der Waals surface area contributed by atoms with Crippen LogP contribution < -0.4 is 5.73 Å².